The average molecular weight is 275 g/mol. The second-order valence-corrected chi connectivity index (χ2v) is 4.12. The molecule has 0 spiro atoms. The molecule has 100 valence electrons. The molecule has 0 saturated heterocycles. The lowest BCUT2D eigenvalue weighted by Gasteiger charge is -2.20. The fourth-order valence-electron chi connectivity index (χ4n) is 1.46. The van der Waals surface area contributed by atoms with Crippen molar-refractivity contribution in [1.29, 1.82) is 0 Å². The Kier molecular flexibility index (Phi) is 5.88. The van der Waals surface area contributed by atoms with E-state index >= 15 is 0 Å². The zero-order valence-electron chi connectivity index (χ0n) is 10.1. The van der Waals surface area contributed by atoms with Crippen molar-refractivity contribution >= 4 is 17.6 Å². The fourth-order valence-corrected chi connectivity index (χ4v) is 1.67. The lowest BCUT2D eigenvalue weighted by Crippen LogP contribution is -2.41. The Hall–Kier alpha value is -1.33. The van der Waals surface area contributed by atoms with Crippen molar-refractivity contribution in [2.45, 2.75) is 13.5 Å². The molecule has 0 aliphatic carbocycles. The first-order valence-electron chi connectivity index (χ1n) is 5.66. The van der Waals surface area contributed by atoms with E-state index in [0.717, 1.165) is 5.56 Å². The van der Waals surface area contributed by atoms with Crippen LogP contribution in [0.15, 0.2) is 18.2 Å². The molecule has 0 radical (unpaired) electrons. The summed E-state index contributed by atoms with van der Waals surface area (Å²) >= 11 is 5.64. The van der Waals surface area contributed by atoms with Crippen molar-refractivity contribution in [2.75, 3.05) is 19.7 Å². The van der Waals surface area contributed by atoms with Crippen molar-refractivity contribution in [2.24, 2.45) is 0 Å². The van der Waals surface area contributed by atoms with Crippen LogP contribution in [0.5, 0.6) is 0 Å². The van der Waals surface area contributed by atoms with E-state index in [1.54, 1.807) is 6.07 Å². The van der Waals surface area contributed by atoms with Gasteiger partial charge in [0.05, 0.1) is 11.6 Å². The molecule has 0 saturated carbocycles. The summed E-state index contributed by atoms with van der Waals surface area (Å²) in [4.78, 5) is 13.2. The van der Waals surface area contributed by atoms with E-state index in [1.165, 1.54) is 17.0 Å². The summed E-state index contributed by atoms with van der Waals surface area (Å²) < 4.78 is 12.9. The topological polar surface area (TPSA) is 52.6 Å². The molecule has 2 N–H and O–H groups in total. The molecule has 1 aromatic carbocycles. The molecular weight excluding hydrogens is 259 g/mol. The zero-order valence-corrected chi connectivity index (χ0v) is 10.9. The Labute approximate surface area is 110 Å². The highest BCUT2D eigenvalue weighted by Gasteiger charge is 2.10. The molecule has 0 bridgehead atoms. The van der Waals surface area contributed by atoms with Gasteiger partial charge in [0.1, 0.15) is 5.82 Å². The Morgan fingerprint density at radius 1 is 1.56 bits per heavy atom. The summed E-state index contributed by atoms with van der Waals surface area (Å²) in [6.45, 7) is 2.80. The Balaban J connectivity index is 2.53. The van der Waals surface area contributed by atoms with Gasteiger partial charge in [-0.2, -0.15) is 0 Å². The first kappa shape index (κ1) is 14.7. The normalized spacial score (nSPS) is 10.2. The highest BCUT2D eigenvalue weighted by Crippen LogP contribution is 2.15. The van der Waals surface area contributed by atoms with E-state index in [2.05, 4.69) is 5.32 Å². The predicted molar refractivity (Wildman–Crippen MR) is 68.0 cm³/mol. The molecule has 0 aromatic heterocycles. The lowest BCUT2D eigenvalue weighted by molar-refractivity contribution is 0.180. The summed E-state index contributed by atoms with van der Waals surface area (Å²) in [7, 11) is 0. The fraction of sp³-hybridized carbons (Fsp3) is 0.417. The molecule has 0 aliphatic rings. The van der Waals surface area contributed by atoms with E-state index < -0.39 is 5.82 Å². The van der Waals surface area contributed by atoms with Crippen molar-refractivity contribution in [1.82, 2.24) is 10.2 Å². The summed E-state index contributed by atoms with van der Waals surface area (Å²) in [6, 6.07) is 4.02. The van der Waals surface area contributed by atoms with Crippen LogP contribution in [-0.4, -0.2) is 35.7 Å². The summed E-state index contributed by atoms with van der Waals surface area (Å²) in [5, 5.41) is 11.5. The minimum absolute atomic E-state index is 0.0319. The molecule has 0 aliphatic heterocycles. The van der Waals surface area contributed by atoms with Crippen molar-refractivity contribution in [3.05, 3.63) is 34.6 Å². The van der Waals surface area contributed by atoms with Gasteiger partial charge in [-0.15, -0.1) is 0 Å². The van der Waals surface area contributed by atoms with Crippen LogP contribution in [0.25, 0.3) is 0 Å². The van der Waals surface area contributed by atoms with Gasteiger partial charge in [0.15, 0.2) is 0 Å². The van der Waals surface area contributed by atoms with Gasteiger partial charge >= 0.3 is 6.03 Å². The highest BCUT2D eigenvalue weighted by molar-refractivity contribution is 6.30. The molecule has 2 amide bonds. The van der Waals surface area contributed by atoms with Crippen LogP contribution >= 0.6 is 11.6 Å². The van der Waals surface area contributed by atoms with Gasteiger partial charge in [0.2, 0.25) is 0 Å². The number of carbonyl (C=O) groups is 1. The van der Waals surface area contributed by atoms with Crippen LogP contribution in [-0.2, 0) is 6.54 Å². The molecule has 1 rings (SSSR count). The number of rotatable bonds is 5. The Morgan fingerprint density at radius 3 is 2.83 bits per heavy atom. The van der Waals surface area contributed by atoms with Crippen LogP contribution < -0.4 is 5.32 Å². The molecule has 0 atom stereocenters. The third kappa shape index (κ3) is 4.16. The molecule has 4 nitrogen and oxygen atoms in total. The van der Waals surface area contributed by atoms with Crippen LogP contribution in [0.2, 0.25) is 5.02 Å². The second-order valence-electron chi connectivity index (χ2n) is 3.71. The van der Waals surface area contributed by atoms with Crippen LogP contribution in [0.3, 0.4) is 0 Å². The molecule has 1 aromatic rings. The molecule has 6 heteroatoms. The number of halogens is 2. The van der Waals surface area contributed by atoms with Crippen LogP contribution in [0, 0.1) is 5.82 Å². The number of hydrogen-bond donors (Lipinski definition) is 2. The summed E-state index contributed by atoms with van der Waals surface area (Å²) in [6.07, 6.45) is 0. The number of carbonyl (C=O) groups excluding carboxylic acids is 1. The number of aliphatic hydroxyl groups excluding tert-OH is 1. The molecular formula is C12H16ClFN2O2. The minimum atomic E-state index is -0.484. The van der Waals surface area contributed by atoms with E-state index in [1.807, 2.05) is 6.92 Å². The minimum Gasteiger partial charge on any atom is -0.395 e. The van der Waals surface area contributed by atoms with Gasteiger partial charge < -0.3 is 15.3 Å². The number of amides is 2. The van der Waals surface area contributed by atoms with E-state index in [0.29, 0.717) is 6.54 Å². The maximum Gasteiger partial charge on any atom is 0.317 e. The van der Waals surface area contributed by atoms with Crippen LogP contribution in [0.1, 0.15) is 12.5 Å². The van der Waals surface area contributed by atoms with Gasteiger partial charge in [0, 0.05) is 19.6 Å². The van der Waals surface area contributed by atoms with Crippen LogP contribution in [0.4, 0.5) is 9.18 Å². The zero-order chi connectivity index (χ0) is 13.5. The first-order chi connectivity index (χ1) is 8.58. The smallest absolute Gasteiger partial charge is 0.317 e. The number of nitrogens with zero attached hydrogens (tertiary/aromatic N) is 1. The lowest BCUT2D eigenvalue weighted by atomic mass is 10.2. The number of hydrogen-bond acceptors (Lipinski definition) is 2. The third-order valence-corrected chi connectivity index (χ3v) is 2.76. The number of benzene rings is 1. The third-order valence-electron chi connectivity index (χ3n) is 2.47. The largest absolute Gasteiger partial charge is 0.395 e. The van der Waals surface area contributed by atoms with Crippen molar-refractivity contribution in [3.63, 3.8) is 0 Å². The van der Waals surface area contributed by atoms with E-state index in [9.17, 15) is 9.18 Å². The van der Waals surface area contributed by atoms with Crippen molar-refractivity contribution in [3.8, 4) is 0 Å². The van der Waals surface area contributed by atoms with E-state index in [-0.39, 0.29) is 30.8 Å². The molecule has 18 heavy (non-hydrogen) atoms. The SMILES string of the molecule is CCN(CCO)C(=O)NCc1ccc(F)c(Cl)c1. The second kappa shape index (κ2) is 7.18. The standard InChI is InChI=1S/C12H16ClFN2O2/c1-2-16(5-6-17)12(18)15-8-9-3-4-11(14)10(13)7-9/h3-4,7,17H,2,5-6,8H2,1H3,(H,15,18). The summed E-state index contributed by atoms with van der Waals surface area (Å²) in [5.74, 6) is -0.484. The molecule has 0 fully saturated rings. The Bertz CT molecular complexity index is 415. The number of urea groups is 1. The first-order valence-corrected chi connectivity index (χ1v) is 6.03. The maximum absolute atomic E-state index is 12.9. The molecule has 0 unspecified atom stereocenters. The predicted octanol–water partition coefficient (Wildman–Crippen LogP) is 2.00. The molecule has 0 heterocycles. The van der Waals surface area contributed by atoms with E-state index in [4.69, 9.17) is 16.7 Å². The highest BCUT2D eigenvalue weighted by atomic mass is 35.5. The van der Waals surface area contributed by atoms with Gasteiger partial charge in [0.25, 0.3) is 0 Å². The van der Waals surface area contributed by atoms with Crippen molar-refractivity contribution < 1.29 is 14.3 Å². The Morgan fingerprint density at radius 2 is 2.28 bits per heavy atom. The number of aliphatic hydroxyl groups is 1. The number of nitrogens with one attached hydrogen (secondary N) is 1. The summed E-state index contributed by atoms with van der Waals surface area (Å²) in [5.41, 5.74) is 0.717. The van der Waals surface area contributed by atoms with Gasteiger partial charge in [-0.1, -0.05) is 17.7 Å². The number of likely N-dealkylation sites (N-methyl/N-ethyl adjacent to an activating group) is 1. The average Bonchev–Trinajstić information content (AvgIpc) is 2.37. The van der Waals surface area contributed by atoms with Gasteiger partial charge in [-0.25, -0.2) is 9.18 Å². The van der Waals surface area contributed by atoms with Gasteiger partial charge in [-0.3, -0.25) is 0 Å². The maximum atomic E-state index is 12.9. The van der Waals surface area contributed by atoms with Gasteiger partial charge in [-0.05, 0) is 24.6 Å². The quantitative estimate of drug-likeness (QED) is 0.863. The monoisotopic (exact) mass is 274 g/mol.